The molecule has 0 aromatic carbocycles. The van der Waals surface area contributed by atoms with Crippen LogP contribution in [0.3, 0.4) is 0 Å². The lowest BCUT2D eigenvalue weighted by Gasteiger charge is -2.23. The first-order valence-corrected chi connectivity index (χ1v) is 6.40. The maximum absolute atomic E-state index is 11.3. The van der Waals surface area contributed by atoms with Crippen LogP contribution in [0, 0.1) is 0 Å². The van der Waals surface area contributed by atoms with Gasteiger partial charge in [0.25, 0.3) is 0 Å². The van der Waals surface area contributed by atoms with Crippen molar-refractivity contribution in [1.82, 2.24) is 9.46 Å². The zero-order chi connectivity index (χ0) is 11.9. The summed E-state index contributed by atoms with van der Waals surface area (Å²) in [4.78, 5) is 10.8. The monoisotopic (exact) mass is 246 g/mol. The number of nitrogens with zero attached hydrogens (tertiary/aromatic N) is 2. The standard InChI is InChI=1S/C8H10N2O5S/c1-16(13,14)10-3-2-6-5(4-10)7(8(11)12)9-15-6/h2-4H2,1H3,(H,11,12). The van der Waals surface area contributed by atoms with Crippen LogP contribution >= 0.6 is 0 Å². The quantitative estimate of drug-likeness (QED) is 0.768. The number of rotatable bonds is 2. The second-order valence-corrected chi connectivity index (χ2v) is 5.57. The van der Waals surface area contributed by atoms with E-state index in [0.717, 1.165) is 6.26 Å². The summed E-state index contributed by atoms with van der Waals surface area (Å²) in [5.41, 5.74) is 0.146. The van der Waals surface area contributed by atoms with Crippen LogP contribution in [0.25, 0.3) is 0 Å². The second kappa shape index (κ2) is 3.56. The Labute approximate surface area is 91.7 Å². The number of sulfonamides is 1. The number of fused-ring (bicyclic) bond motifs is 1. The number of carboxylic acids is 1. The summed E-state index contributed by atoms with van der Waals surface area (Å²) in [6, 6.07) is 0. The number of hydrogen-bond donors (Lipinski definition) is 1. The van der Waals surface area contributed by atoms with Crippen LogP contribution in [-0.4, -0.2) is 41.8 Å². The van der Waals surface area contributed by atoms with Crippen LogP contribution in [0.2, 0.25) is 0 Å². The fourth-order valence-electron chi connectivity index (χ4n) is 1.64. The zero-order valence-corrected chi connectivity index (χ0v) is 9.32. The van der Waals surface area contributed by atoms with Crippen molar-refractivity contribution >= 4 is 16.0 Å². The number of carbonyl (C=O) groups is 1. The fourth-order valence-corrected chi connectivity index (χ4v) is 2.42. The maximum atomic E-state index is 11.3. The van der Waals surface area contributed by atoms with Gasteiger partial charge in [0.15, 0.2) is 5.69 Å². The summed E-state index contributed by atoms with van der Waals surface area (Å²) in [7, 11) is -3.32. The van der Waals surface area contributed by atoms with Gasteiger partial charge in [-0.15, -0.1) is 0 Å². The summed E-state index contributed by atoms with van der Waals surface area (Å²) >= 11 is 0. The molecule has 0 spiro atoms. The van der Waals surface area contributed by atoms with Crippen molar-refractivity contribution in [3.05, 3.63) is 17.0 Å². The molecule has 88 valence electrons. The minimum atomic E-state index is -3.32. The van der Waals surface area contributed by atoms with Crippen molar-refractivity contribution in [2.75, 3.05) is 12.8 Å². The predicted molar refractivity (Wildman–Crippen MR) is 52.4 cm³/mol. The van der Waals surface area contributed by atoms with Crippen molar-refractivity contribution in [3.63, 3.8) is 0 Å². The van der Waals surface area contributed by atoms with Gasteiger partial charge < -0.3 is 9.63 Å². The van der Waals surface area contributed by atoms with Crippen molar-refractivity contribution < 1.29 is 22.8 Å². The van der Waals surface area contributed by atoms with E-state index in [0.29, 0.717) is 24.3 Å². The van der Waals surface area contributed by atoms with Crippen molar-refractivity contribution in [2.24, 2.45) is 0 Å². The third-order valence-electron chi connectivity index (χ3n) is 2.46. The molecule has 0 fully saturated rings. The number of aromatic carboxylic acids is 1. The molecule has 0 saturated heterocycles. The third kappa shape index (κ3) is 1.81. The van der Waals surface area contributed by atoms with Crippen molar-refractivity contribution in [1.29, 1.82) is 0 Å². The van der Waals surface area contributed by atoms with E-state index in [2.05, 4.69) is 5.16 Å². The molecule has 0 atom stereocenters. The predicted octanol–water partition coefficient (Wildman–Crippen LogP) is -0.310. The molecule has 1 aliphatic heterocycles. The molecule has 2 rings (SSSR count). The van der Waals surface area contributed by atoms with Gasteiger partial charge in [-0.1, -0.05) is 5.16 Å². The van der Waals surface area contributed by atoms with E-state index in [-0.39, 0.29) is 12.2 Å². The molecule has 8 heteroatoms. The van der Waals surface area contributed by atoms with Crippen LogP contribution in [0.5, 0.6) is 0 Å². The topological polar surface area (TPSA) is 101 Å². The summed E-state index contributed by atoms with van der Waals surface area (Å²) in [5.74, 6) is -0.752. The highest BCUT2D eigenvalue weighted by Crippen LogP contribution is 2.23. The Hall–Kier alpha value is -1.41. The SMILES string of the molecule is CS(=O)(=O)N1CCc2onc(C(=O)O)c2C1. The highest BCUT2D eigenvalue weighted by molar-refractivity contribution is 7.88. The molecule has 2 heterocycles. The molecule has 0 aliphatic carbocycles. The molecule has 0 bridgehead atoms. The molecule has 7 nitrogen and oxygen atoms in total. The van der Waals surface area contributed by atoms with Gasteiger partial charge >= 0.3 is 5.97 Å². The lowest BCUT2D eigenvalue weighted by Crippen LogP contribution is -2.35. The Morgan fingerprint density at radius 1 is 1.56 bits per heavy atom. The van der Waals surface area contributed by atoms with Crippen LogP contribution in [0.15, 0.2) is 4.52 Å². The molecule has 1 N–H and O–H groups in total. The Morgan fingerprint density at radius 2 is 2.25 bits per heavy atom. The Bertz CT molecular complexity index is 533. The molecule has 16 heavy (non-hydrogen) atoms. The Morgan fingerprint density at radius 3 is 2.81 bits per heavy atom. The van der Waals surface area contributed by atoms with Crippen LogP contribution in [0.4, 0.5) is 0 Å². The smallest absolute Gasteiger partial charge is 0.358 e. The lowest BCUT2D eigenvalue weighted by molar-refractivity contribution is 0.0684. The molecule has 0 radical (unpaired) electrons. The summed E-state index contributed by atoms with van der Waals surface area (Å²) in [6.45, 7) is 0.305. The van der Waals surface area contributed by atoms with Crippen molar-refractivity contribution in [2.45, 2.75) is 13.0 Å². The molecule has 0 unspecified atom stereocenters. The molecule has 1 aliphatic rings. The average molecular weight is 246 g/mol. The molecular weight excluding hydrogens is 236 g/mol. The first kappa shape index (κ1) is 11.1. The molecule has 0 saturated carbocycles. The third-order valence-corrected chi connectivity index (χ3v) is 3.71. The van der Waals surface area contributed by atoms with Gasteiger partial charge in [-0.3, -0.25) is 0 Å². The normalized spacial score (nSPS) is 17.1. The van der Waals surface area contributed by atoms with E-state index in [1.165, 1.54) is 4.31 Å². The Balaban J connectivity index is 2.38. The lowest BCUT2D eigenvalue weighted by atomic mass is 10.1. The second-order valence-electron chi connectivity index (χ2n) is 3.58. The summed E-state index contributed by atoms with van der Waals surface area (Å²) in [5, 5.41) is 12.2. The van der Waals surface area contributed by atoms with E-state index in [1.54, 1.807) is 0 Å². The van der Waals surface area contributed by atoms with Crippen LogP contribution in [-0.2, 0) is 23.0 Å². The molecule has 0 amide bonds. The Kier molecular flexibility index (Phi) is 2.47. The minimum absolute atomic E-state index is 0.0132. The number of hydrogen-bond acceptors (Lipinski definition) is 5. The van der Waals surface area contributed by atoms with Gasteiger partial charge in [0.1, 0.15) is 5.76 Å². The van der Waals surface area contributed by atoms with Crippen LogP contribution in [0.1, 0.15) is 21.8 Å². The van der Waals surface area contributed by atoms with Gasteiger partial charge in [-0.05, 0) is 0 Å². The first-order valence-electron chi connectivity index (χ1n) is 4.55. The van der Waals surface area contributed by atoms with E-state index in [1.807, 2.05) is 0 Å². The average Bonchev–Trinajstić information content (AvgIpc) is 2.58. The number of aromatic nitrogens is 1. The van der Waals surface area contributed by atoms with Gasteiger partial charge in [-0.2, -0.15) is 4.31 Å². The minimum Gasteiger partial charge on any atom is -0.476 e. The molecular formula is C8H10N2O5S. The van der Waals surface area contributed by atoms with Crippen molar-refractivity contribution in [3.8, 4) is 0 Å². The van der Waals surface area contributed by atoms with Gasteiger partial charge in [0.2, 0.25) is 10.0 Å². The largest absolute Gasteiger partial charge is 0.476 e. The summed E-state index contributed by atoms with van der Waals surface area (Å²) < 4.78 is 28.7. The first-order chi connectivity index (χ1) is 7.39. The van der Waals surface area contributed by atoms with E-state index in [9.17, 15) is 13.2 Å². The van der Waals surface area contributed by atoms with Gasteiger partial charge in [0.05, 0.1) is 6.26 Å². The molecule has 1 aromatic rings. The fraction of sp³-hybridized carbons (Fsp3) is 0.500. The number of carboxylic acid groups (broad SMARTS) is 1. The molecule has 1 aromatic heterocycles. The highest BCUT2D eigenvalue weighted by atomic mass is 32.2. The van der Waals surface area contributed by atoms with Crippen LogP contribution < -0.4 is 0 Å². The highest BCUT2D eigenvalue weighted by Gasteiger charge is 2.30. The van der Waals surface area contributed by atoms with Gasteiger partial charge in [0, 0.05) is 25.1 Å². The van der Waals surface area contributed by atoms with Gasteiger partial charge in [-0.25, -0.2) is 13.2 Å². The maximum Gasteiger partial charge on any atom is 0.358 e. The van der Waals surface area contributed by atoms with E-state index >= 15 is 0 Å². The van der Waals surface area contributed by atoms with E-state index in [4.69, 9.17) is 9.63 Å². The zero-order valence-electron chi connectivity index (χ0n) is 8.50. The summed E-state index contributed by atoms with van der Waals surface area (Å²) in [6.07, 6.45) is 1.44. The van der Waals surface area contributed by atoms with E-state index < -0.39 is 16.0 Å².